The molecular formula is C21H28N4O5. The molecule has 1 aromatic carbocycles. The Hall–Kier alpha value is -2.59. The van der Waals surface area contributed by atoms with Crippen LogP contribution in [0.1, 0.15) is 48.5 Å². The van der Waals surface area contributed by atoms with Gasteiger partial charge in [0.05, 0.1) is 19.3 Å². The number of aliphatic hydroxyl groups is 3. The highest BCUT2D eigenvalue weighted by Gasteiger charge is 2.43. The second kappa shape index (κ2) is 10.4. The van der Waals surface area contributed by atoms with E-state index < -0.39 is 31.1 Å². The topological polar surface area (TPSA) is 130 Å². The van der Waals surface area contributed by atoms with Crippen LogP contribution in [0.25, 0.3) is 0 Å². The van der Waals surface area contributed by atoms with Crippen LogP contribution < -0.4 is 5.32 Å². The number of aliphatic hydroxyl groups excluding tert-OH is 3. The zero-order valence-electron chi connectivity index (χ0n) is 16.9. The van der Waals surface area contributed by atoms with Crippen LogP contribution in [0.4, 0.5) is 0 Å². The fourth-order valence-corrected chi connectivity index (χ4v) is 3.24. The number of nitrogens with one attached hydrogen (secondary N) is 1. The van der Waals surface area contributed by atoms with E-state index in [0.29, 0.717) is 17.8 Å². The summed E-state index contributed by atoms with van der Waals surface area (Å²) in [4.78, 5) is 12.5. The summed E-state index contributed by atoms with van der Waals surface area (Å²) in [5, 5.41) is 40.5. The van der Waals surface area contributed by atoms with Gasteiger partial charge in [-0.25, -0.2) is 4.68 Å². The molecule has 30 heavy (non-hydrogen) atoms. The van der Waals surface area contributed by atoms with Crippen LogP contribution in [-0.4, -0.2) is 61.0 Å². The lowest BCUT2D eigenvalue weighted by molar-refractivity contribution is -0.0594. The van der Waals surface area contributed by atoms with Crippen molar-refractivity contribution in [2.75, 3.05) is 6.61 Å². The molecule has 2 heterocycles. The fraction of sp³-hybridized carbons (Fsp3) is 0.476. The standard InChI is InChI=1S/C21H28N4O5/c1-2-3-9-15(10-17(27)14-7-5-4-6-8-14)22-11-16-12-25(24-23-16)21-20(29)19(28)18(13-26)30-21/h4-8,10,12,18-22,26,28-29H,2-3,9,11,13H2,1H3/t18-,19-,20-,21-/m1/s1. The van der Waals surface area contributed by atoms with Crippen LogP contribution in [0.2, 0.25) is 0 Å². The van der Waals surface area contributed by atoms with Crippen molar-refractivity contribution in [1.29, 1.82) is 0 Å². The van der Waals surface area contributed by atoms with E-state index >= 15 is 0 Å². The van der Waals surface area contributed by atoms with Crippen molar-refractivity contribution in [1.82, 2.24) is 20.3 Å². The quantitative estimate of drug-likeness (QED) is 0.333. The molecule has 4 N–H and O–H groups in total. The van der Waals surface area contributed by atoms with E-state index in [1.807, 2.05) is 18.2 Å². The molecule has 9 heteroatoms. The number of allylic oxidation sites excluding steroid dienone is 2. The van der Waals surface area contributed by atoms with Gasteiger partial charge in [-0.2, -0.15) is 0 Å². The first-order chi connectivity index (χ1) is 14.5. The number of ketones is 1. The normalized spacial score (nSPS) is 24.2. The summed E-state index contributed by atoms with van der Waals surface area (Å²) < 4.78 is 6.77. The van der Waals surface area contributed by atoms with E-state index in [1.165, 1.54) is 4.68 Å². The highest BCUT2D eigenvalue weighted by atomic mass is 16.6. The average Bonchev–Trinajstić information content (AvgIpc) is 3.35. The Bertz CT molecular complexity index is 854. The molecule has 3 rings (SSSR count). The van der Waals surface area contributed by atoms with Gasteiger partial charge in [-0.15, -0.1) is 5.10 Å². The van der Waals surface area contributed by atoms with Gasteiger partial charge in [0, 0.05) is 17.3 Å². The Kier molecular flexibility index (Phi) is 7.69. The number of hydrogen-bond donors (Lipinski definition) is 4. The molecule has 1 aromatic heterocycles. The SMILES string of the molecule is CCCCC(=CC(=O)c1ccccc1)NCc1cn([C@@H]2O[C@H](CO)[C@@H](O)[C@H]2O)nn1. The number of nitrogens with zero attached hydrogens (tertiary/aromatic N) is 3. The number of ether oxygens (including phenoxy) is 1. The molecule has 0 saturated carbocycles. The fourth-order valence-electron chi connectivity index (χ4n) is 3.24. The van der Waals surface area contributed by atoms with Gasteiger partial charge in [0.2, 0.25) is 0 Å². The minimum atomic E-state index is -1.21. The molecule has 0 amide bonds. The van der Waals surface area contributed by atoms with E-state index in [2.05, 4.69) is 22.6 Å². The van der Waals surface area contributed by atoms with Gasteiger partial charge in [0.25, 0.3) is 0 Å². The molecule has 162 valence electrons. The molecule has 1 saturated heterocycles. The lowest BCUT2D eigenvalue weighted by atomic mass is 10.1. The highest BCUT2D eigenvalue weighted by Crippen LogP contribution is 2.28. The Morgan fingerprint density at radius 2 is 2.03 bits per heavy atom. The maximum absolute atomic E-state index is 12.5. The van der Waals surface area contributed by atoms with Crippen molar-refractivity contribution in [3.63, 3.8) is 0 Å². The number of carbonyl (C=O) groups excluding carboxylic acids is 1. The van der Waals surface area contributed by atoms with E-state index in [4.69, 9.17) is 4.74 Å². The zero-order valence-corrected chi connectivity index (χ0v) is 16.9. The molecule has 0 radical (unpaired) electrons. The number of benzene rings is 1. The van der Waals surface area contributed by atoms with E-state index in [1.54, 1.807) is 24.4 Å². The predicted octanol–water partition coefficient (Wildman–Crippen LogP) is 0.936. The molecule has 4 atom stereocenters. The van der Waals surface area contributed by atoms with Gasteiger partial charge in [0.1, 0.15) is 24.0 Å². The van der Waals surface area contributed by atoms with Crippen molar-refractivity contribution in [2.45, 2.75) is 57.3 Å². The zero-order chi connectivity index (χ0) is 21.5. The van der Waals surface area contributed by atoms with Crippen LogP contribution >= 0.6 is 0 Å². The maximum atomic E-state index is 12.5. The third-order valence-electron chi connectivity index (χ3n) is 5.00. The molecule has 0 bridgehead atoms. The predicted molar refractivity (Wildman–Crippen MR) is 108 cm³/mol. The van der Waals surface area contributed by atoms with Crippen molar-refractivity contribution < 1.29 is 24.9 Å². The average molecular weight is 416 g/mol. The van der Waals surface area contributed by atoms with Gasteiger partial charge in [0.15, 0.2) is 12.0 Å². The van der Waals surface area contributed by atoms with Crippen molar-refractivity contribution in [3.05, 3.63) is 59.6 Å². The van der Waals surface area contributed by atoms with Gasteiger partial charge < -0.3 is 25.4 Å². The third kappa shape index (κ3) is 5.31. The molecule has 0 unspecified atom stereocenters. The molecular weight excluding hydrogens is 388 g/mol. The minimum Gasteiger partial charge on any atom is -0.394 e. The van der Waals surface area contributed by atoms with Crippen molar-refractivity contribution in [2.24, 2.45) is 0 Å². The lowest BCUT2D eigenvalue weighted by Gasteiger charge is -2.13. The number of hydrogen-bond acceptors (Lipinski definition) is 8. The first-order valence-electron chi connectivity index (χ1n) is 10.1. The van der Waals surface area contributed by atoms with E-state index in [9.17, 15) is 20.1 Å². The molecule has 1 aliphatic heterocycles. The van der Waals surface area contributed by atoms with Crippen molar-refractivity contribution >= 4 is 5.78 Å². The minimum absolute atomic E-state index is 0.0654. The van der Waals surface area contributed by atoms with Gasteiger partial charge in [-0.05, 0) is 12.8 Å². The number of carbonyl (C=O) groups is 1. The smallest absolute Gasteiger partial charge is 0.187 e. The Morgan fingerprint density at radius 1 is 1.27 bits per heavy atom. The van der Waals surface area contributed by atoms with Crippen LogP contribution in [-0.2, 0) is 11.3 Å². The first-order valence-corrected chi connectivity index (χ1v) is 10.1. The summed E-state index contributed by atoms with van der Waals surface area (Å²) in [5.41, 5.74) is 2.03. The second-order valence-corrected chi connectivity index (χ2v) is 7.28. The molecule has 1 aliphatic rings. The Labute approximate surface area is 175 Å². The first kappa shape index (κ1) is 22.1. The van der Waals surface area contributed by atoms with Gasteiger partial charge in [-0.3, -0.25) is 4.79 Å². The maximum Gasteiger partial charge on any atom is 0.187 e. The molecule has 0 aliphatic carbocycles. The molecule has 2 aromatic rings. The van der Waals surface area contributed by atoms with Crippen molar-refractivity contribution in [3.8, 4) is 0 Å². The Balaban J connectivity index is 1.65. The van der Waals surface area contributed by atoms with Gasteiger partial charge in [-0.1, -0.05) is 48.9 Å². The summed E-state index contributed by atoms with van der Waals surface area (Å²) in [6.45, 7) is 2.02. The molecule has 9 nitrogen and oxygen atoms in total. The number of aromatic nitrogens is 3. The summed E-state index contributed by atoms with van der Waals surface area (Å²) in [6.07, 6.45) is 1.68. The highest BCUT2D eigenvalue weighted by molar-refractivity contribution is 6.04. The van der Waals surface area contributed by atoms with Gasteiger partial charge >= 0.3 is 0 Å². The van der Waals surface area contributed by atoms with Crippen LogP contribution in [0.5, 0.6) is 0 Å². The number of unbranched alkanes of at least 4 members (excludes halogenated alkanes) is 1. The van der Waals surface area contributed by atoms with E-state index in [0.717, 1.165) is 25.0 Å². The number of rotatable bonds is 10. The second-order valence-electron chi connectivity index (χ2n) is 7.28. The summed E-state index contributed by atoms with van der Waals surface area (Å²) in [7, 11) is 0. The third-order valence-corrected chi connectivity index (χ3v) is 5.00. The monoisotopic (exact) mass is 416 g/mol. The summed E-state index contributed by atoms with van der Waals surface area (Å²) in [6, 6.07) is 9.09. The van der Waals surface area contributed by atoms with Crippen LogP contribution in [0, 0.1) is 0 Å². The largest absolute Gasteiger partial charge is 0.394 e. The van der Waals surface area contributed by atoms with Crippen LogP contribution in [0.3, 0.4) is 0 Å². The summed E-state index contributed by atoms with van der Waals surface area (Å²) >= 11 is 0. The Morgan fingerprint density at radius 3 is 2.70 bits per heavy atom. The lowest BCUT2D eigenvalue weighted by Crippen LogP contribution is -2.33. The molecule has 1 fully saturated rings. The molecule has 0 spiro atoms. The summed E-state index contributed by atoms with van der Waals surface area (Å²) in [5.74, 6) is -0.0654. The van der Waals surface area contributed by atoms with Crippen LogP contribution in [0.15, 0.2) is 48.3 Å². The van der Waals surface area contributed by atoms with E-state index in [-0.39, 0.29) is 5.78 Å².